The van der Waals surface area contributed by atoms with Crippen molar-refractivity contribution in [2.45, 2.75) is 32.4 Å². The van der Waals surface area contributed by atoms with Crippen LogP contribution < -0.4 is 10.9 Å². The topological polar surface area (TPSA) is 76.5 Å². The Morgan fingerprint density at radius 1 is 1.16 bits per heavy atom. The zero-order valence-corrected chi connectivity index (χ0v) is 17.7. The molecule has 0 spiro atoms. The third kappa shape index (κ3) is 4.04. The van der Waals surface area contributed by atoms with Crippen molar-refractivity contribution < 1.29 is 10.1 Å². The fraction of sp³-hybridized carbons (Fsp3) is 0.280. The molecule has 0 saturated carbocycles. The van der Waals surface area contributed by atoms with Crippen molar-refractivity contribution in [1.29, 1.82) is 0 Å². The van der Waals surface area contributed by atoms with E-state index in [-0.39, 0.29) is 5.56 Å². The highest BCUT2D eigenvalue weighted by Gasteiger charge is 2.19. The molecule has 4 aromatic rings. The minimum absolute atomic E-state index is 0.0661. The number of nitrogens with one attached hydrogen (secondary N) is 1. The van der Waals surface area contributed by atoms with Crippen LogP contribution in [0.3, 0.4) is 0 Å². The summed E-state index contributed by atoms with van der Waals surface area (Å²) in [4.78, 5) is 16.0. The molecule has 3 heterocycles. The summed E-state index contributed by atoms with van der Waals surface area (Å²) >= 11 is 0. The van der Waals surface area contributed by atoms with Crippen molar-refractivity contribution >= 4 is 11.0 Å². The molecule has 1 aliphatic rings. The number of ether oxygens (including phenoxy) is 1. The molecule has 0 unspecified atom stereocenters. The van der Waals surface area contributed by atoms with Gasteiger partial charge in [-0.05, 0) is 38.0 Å². The molecule has 2 aromatic heterocycles. The second kappa shape index (κ2) is 8.49. The molecule has 1 atom stereocenters. The van der Waals surface area contributed by atoms with E-state index in [1.807, 2.05) is 41.1 Å². The van der Waals surface area contributed by atoms with Crippen molar-refractivity contribution in [1.82, 2.24) is 14.8 Å². The van der Waals surface area contributed by atoms with Crippen LogP contribution in [0.15, 0.2) is 65.5 Å². The van der Waals surface area contributed by atoms with Crippen molar-refractivity contribution in [3.63, 3.8) is 0 Å². The average Bonchev–Trinajstić information content (AvgIpc) is 3.43. The predicted molar refractivity (Wildman–Crippen MR) is 121 cm³/mol. The van der Waals surface area contributed by atoms with Crippen LogP contribution in [-0.4, -0.2) is 34.0 Å². The van der Waals surface area contributed by atoms with E-state index in [4.69, 9.17) is 9.84 Å². The van der Waals surface area contributed by atoms with Gasteiger partial charge in [0.1, 0.15) is 30.5 Å². The number of aromatic nitrogens is 3. The number of para-hydroxylation sites is 1. The molecule has 5 rings (SSSR count). The number of aromatic amines is 1. The zero-order chi connectivity index (χ0) is 21.2. The highest BCUT2D eigenvalue weighted by molar-refractivity contribution is 5.92. The zero-order valence-electron chi connectivity index (χ0n) is 17.7. The number of nitrogens with zero attached hydrogens (tertiary/aromatic N) is 2. The van der Waals surface area contributed by atoms with Crippen molar-refractivity contribution in [2.75, 3.05) is 13.2 Å². The molecule has 3 N–H and O–H groups in total. The summed E-state index contributed by atoms with van der Waals surface area (Å²) in [6, 6.07) is 20.3. The van der Waals surface area contributed by atoms with Gasteiger partial charge in [0.2, 0.25) is 0 Å². The first-order chi connectivity index (χ1) is 15.2. The van der Waals surface area contributed by atoms with Gasteiger partial charge in [0, 0.05) is 17.6 Å². The number of pyridine rings is 1. The van der Waals surface area contributed by atoms with Crippen LogP contribution in [0, 0.1) is 6.92 Å². The first kappa shape index (κ1) is 19.7. The number of hydrogen-bond donors (Lipinski definition) is 2. The summed E-state index contributed by atoms with van der Waals surface area (Å²) in [5.74, 6) is 0. The van der Waals surface area contributed by atoms with Crippen LogP contribution in [-0.2, 0) is 11.3 Å². The second-order valence-corrected chi connectivity index (χ2v) is 8.21. The van der Waals surface area contributed by atoms with Crippen molar-refractivity contribution in [3.8, 4) is 16.9 Å². The monoisotopic (exact) mass is 415 g/mol. The fourth-order valence-electron chi connectivity index (χ4n) is 4.20. The molecule has 1 saturated heterocycles. The quantitative estimate of drug-likeness (QED) is 0.508. The summed E-state index contributed by atoms with van der Waals surface area (Å²) in [6.45, 7) is 4.42. The fourth-order valence-corrected chi connectivity index (χ4v) is 4.20. The van der Waals surface area contributed by atoms with Crippen molar-refractivity contribution in [2.24, 2.45) is 0 Å². The van der Waals surface area contributed by atoms with Gasteiger partial charge in [-0.1, -0.05) is 48.0 Å². The van der Waals surface area contributed by atoms with Gasteiger partial charge in [-0.2, -0.15) is 5.10 Å². The normalized spacial score (nSPS) is 16.2. The highest BCUT2D eigenvalue weighted by Crippen LogP contribution is 2.29. The van der Waals surface area contributed by atoms with E-state index >= 15 is 0 Å². The van der Waals surface area contributed by atoms with Crippen LogP contribution in [0.5, 0.6) is 0 Å². The minimum atomic E-state index is -0.0661. The van der Waals surface area contributed by atoms with E-state index in [1.165, 1.54) is 5.56 Å². The van der Waals surface area contributed by atoms with Crippen LogP contribution in [0.25, 0.3) is 28.0 Å². The summed E-state index contributed by atoms with van der Waals surface area (Å²) in [5, 5.41) is 8.02. The minimum Gasteiger partial charge on any atom is -0.372 e. The van der Waals surface area contributed by atoms with E-state index in [0.29, 0.717) is 12.6 Å². The Bertz CT molecular complexity index is 1240. The molecule has 0 amide bonds. The van der Waals surface area contributed by atoms with Crippen LogP contribution in [0.2, 0.25) is 0 Å². The molecule has 1 aliphatic heterocycles. The van der Waals surface area contributed by atoms with Crippen molar-refractivity contribution in [3.05, 3.63) is 82.1 Å². The molecule has 2 aromatic carbocycles. The number of rotatable bonds is 6. The smallest absolute Gasteiger partial charge is 0.258 e. The summed E-state index contributed by atoms with van der Waals surface area (Å²) in [6.07, 6.45) is 2.53. The molecular formula is C25H27N4O2+. The number of H-pyrrole nitrogens is 1. The number of benzene rings is 2. The van der Waals surface area contributed by atoms with Gasteiger partial charge in [-0.15, -0.1) is 0 Å². The number of fused-ring (bicyclic) bond motifs is 1. The first-order valence-electron chi connectivity index (χ1n) is 10.9. The number of nitrogens with two attached hydrogens (primary N) is 1. The van der Waals surface area contributed by atoms with Gasteiger partial charge < -0.3 is 15.0 Å². The van der Waals surface area contributed by atoms with Gasteiger partial charge in [-0.25, -0.2) is 4.68 Å². The van der Waals surface area contributed by atoms with Crippen LogP contribution in [0.4, 0.5) is 0 Å². The Kier molecular flexibility index (Phi) is 5.40. The number of quaternary nitrogens is 1. The number of aryl methyl sites for hydroxylation is 1. The van der Waals surface area contributed by atoms with E-state index < -0.39 is 0 Å². The molecule has 1 fully saturated rings. The maximum atomic E-state index is 12.9. The lowest BCUT2D eigenvalue weighted by Crippen LogP contribution is -2.85. The summed E-state index contributed by atoms with van der Waals surface area (Å²) < 4.78 is 7.52. The Balaban J connectivity index is 1.56. The van der Waals surface area contributed by atoms with E-state index in [9.17, 15) is 4.79 Å². The van der Waals surface area contributed by atoms with Gasteiger partial charge in [0.25, 0.3) is 5.56 Å². The predicted octanol–water partition coefficient (Wildman–Crippen LogP) is 2.93. The Hall–Kier alpha value is -3.22. The highest BCUT2D eigenvalue weighted by atomic mass is 16.5. The molecule has 6 nitrogen and oxygen atoms in total. The lowest BCUT2D eigenvalue weighted by Gasteiger charge is -2.08. The van der Waals surface area contributed by atoms with Gasteiger partial charge in [0.15, 0.2) is 0 Å². The molecule has 0 radical (unpaired) electrons. The Morgan fingerprint density at radius 2 is 1.97 bits per heavy atom. The maximum Gasteiger partial charge on any atom is 0.258 e. The summed E-state index contributed by atoms with van der Waals surface area (Å²) in [7, 11) is 0. The first-order valence-corrected chi connectivity index (χ1v) is 10.9. The number of hydrogen-bond acceptors (Lipinski definition) is 3. The van der Waals surface area contributed by atoms with Crippen LogP contribution in [0.1, 0.15) is 24.0 Å². The van der Waals surface area contributed by atoms with Gasteiger partial charge in [-0.3, -0.25) is 4.79 Å². The largest absolute Gasteiger partial charge is 0.372 e. The van der Waals surface area contributed by atoms with Gasteiger partial charge in [0.05, 0.1) is 11.3 Å². The maximum absolute atomic E-state index is 12.9. The summed E-state index contributed by atoms with van der Waals surface area (Å²) in [5.41, 5.74) is 5.43. The average molecular weight is 416 g/mol. The Labute approximate surface area is 180 Å². The third-order valence-corrected chi connectivity index (χ3v) is 5.91. The van der Waals surface area contributed by atoms with E-state index in [2.05, 4.69) is 41.5 Å². The Morgan fingerprint density at radius 3 is 2.71 bits per heavy atom. The molecular weight excluding hydrogens is 388 g/mol. The standard InChI is InChI=1S/C25H26N4O2/c1-17-9-11-18(12-10-17)23-22-14-19(15-26-16-21-8-5-13-31-21)25(30)27-24(22)29(28-23)20-6-3-2-4-7-20/h2-4,6-7,9-12,14,21,26H,5,8,13,15-16H2,1H3,(H,27,30)/p+1/t21-/m1/s1. The SMILES string of the molecule is Cc1ccc(-c2nn(-c3ccccc3)c3[nH]c(=O)c(C[NH2+]C[C@H]4CCCO4)cc23)cc1. The van der Waals surface area contributed by atoms with E-state index in [0.717, 1.165) is 59.5 Å². The second-order valence-electron chi connectivity index (χ2n) is 8.21. The molecule has 31 heavy (non-hydrogen) atoms. The lowest BCUT2D eigenvalue weighted by atomic mass is 10.1. The molecule has 6 heteroatoms. The third-order valence-electron chi connectivity index (χ3n) is 5.91. The molecule has 0 aliphatic carbocycles. The van der Waals surface area contributed by atoms with Crippen LogP contribution >= 0.6 is 0 Å². The lowest BCUT2D eigenvalue weighted by molar-refractivity contribution is -0.676. The van der Waals surface area contributed by atoms with E-state index in [1.54, 1.807) is 0 Å². The van der Waals surface area contributed by atoms with Gasteiger partial charge >= 0.3 is 0 Å². The molecule has 158 valence electrons. The molecule has 0 bridgehead atoms.